The van der Waals surface area contributed by atoms with Crippen molar-refractivity contribution in [1.29, 1.82) is 0 Å². The molecular formula is C18H27NO2. The third-order valence-electron chi connectivity index (χ3n) is 4.42. The number of aryl methyl sites for hydroxylation is 1. The maximum absolute atomic E-state index is 6.17. The van der Waals surface area contributed by atoms with Crippen molar-refractivity contribution in [3.63, 3.8) is 0 Å². The molecule has 1 aromatic carbocycles. The van der Waals surface area contributed by atoms with Crippen molar-refractivity contribution >= 4 is 11.0 Å². The predicted octanol–water partition coefficient (Wildman–Crippen LogP) is 4.60. The summed E-state index contributed by atoms with van der Waals surface area (Å²) in [5.41, 5.74) is 1.87. The van der Waals surface area contributed by atoms with Gasteiger partial charge in [-0.2, -0.15) is 0 Å². The van der Waals surface area contributed by atoms with Gasteiger partial charge in [-0.15, -0.1) is 0 Å². The molecule has 2 unspecified atom stereocenters. The molecule has 0 amide bonds. The molecule has 1 aromatic heterocycles. The number of furan rings is 1. The largest absolute Gasteiger partial charge is 0.459 e. The third kappa shape index (κ3) is 3.14. The Bertz CT molecular complexity index is 584. The highest BCUT2D eigenvalue weighted by molar-refractivity contribution is 5.81. The van der Waals surface area contributed by atoms with Crippen LogP contribution in [0.5, 0.6) is 0 Å². The summed E-state index contributed by atoms with van der Waals surface area (Å²) in [7, 11) is 1.78. The molecule has 0 aliphatic carbocycles. The van der Waals surface area contributed by atoms with Crippen molar-refractivity contribution in [1.82, 2.24) is 5.32 Å². The van der Waals surface area contributed by atoms with Crippen molar-refractivity contribution in [2.75, 3.05) is 13.7 Å². The second-order valence-electron chi connectivity index (χ2n) is 5.90. The van der Waals surface area contributed by atoms with Crippen molar-refractivity contribution in [3.05, 3.63) is 35.6 Å². The number of hydrogen-bond acceptors (Lipinski definition) is 3. The minimum Gasteiger partial charge on any atom is -0.459 e. The minimum absolute atomic E-state index is 0.0549. The molecule has 116 valence electrons. The van der Waals surface area contributed by atoms with E-state index in [0.29, 0.717) is 0 Å². The number of nitrogens with one attached hydrogen (secondary N) is 1. The van der Waals surface area contributed by atoms with E-state index >= 15 is 0 Å². The van der Waals surface area contributed by atoms with Gasteiger partial charge >= 0.3 is 0 Å². The van der Waals surface area contributed by atoms with Crippen LogP contribution in [-0.4, -0.2) is 19.3 Å². The first-order valence-electron chi connectivity index (χ1n) is 7.83. The number of benzene rings is 1. The highest BCUT2D eigenvalue weighted by Crippen LogP contribution is 2.35. The summed E-state index contributed by atoms with van der Waals surface area (Å²) in [6, 6.07) is 8.45. The van der Waals surface area contributed by atoms with Crippen molar-refractivity contribution in [2.45, 2.75) is 52.2 Å². The third-order valence-corrected chi connectivity index (χ3v) is 4.42. The summed E-state index contributed by atoms with van der Waals surface area (Å²) in [6.45, 7) is 9.49. The average molecular weight is 289 g/mol. The Balaban J connectivity index is 2.45. The SMILES string of the molecule is CCCNC(c1cc2cccc(C)c2o1)C(C)(CC)OC. The zero-order valence-corrected chi connectivity index (χ0v) is 13.8. The van der Waals surface area contributed by atoms with Gasteiger partial charge in [-0.05, 0) is 44.9 Å². The van der Waals surface area contributed by atoms with Gasteiger partial charge in [0.2, 0.25) is 0 Å². The van der Waals surface area contributed by atoms with Gasteiger partial charge < -0.3 is 14.5 Å². The molecule has 1 heterocycles. The smallest absolute Gasteiger partial charge is 0.137 e. The molecule has 3 heteroatoms. The van der Waals surface area contributed by atoms with Crippen LogP contribution in [0.4, 0.5) is 0 Å². The van der Waals surface area contributed by atoms with Crippen LogP contribution < -0.4 is 5.32 Å². The van der Waals surface area contributed by atoms with Crippen LogP contribution >= 0.6 is 0 Å². The lowest BCUT2D eigenvalue weighted by Crippen LogP contribution is -2.43. The topological polar surface area (TPSA) is 34.4 Å². The van der Waals surface area contributed by atoms with E-state index in [-0.39, 0.29) is 11.6 Å². The standard InChI is InChI=1S/C18H27NO2/c1-6-11-19-17(18(4,7-2)20-5)15-12-14-10-8-9-13(3)16(14)21-15/h8-10,12,17,19H,6-7,11H2,1-5H3. The number of methoxy groups -OCH3 is 1. The first kappa shape index (κ1) is 16.1. The minimum atomic E-state index is -0.281. The molecule has 2 rings (SSSR count). The van der Waals surface area contributed by atoms with Gasteiger partial charge in [-0.3, -0.25) is 0 Å². The van der Waals surface area contributed by atoms with Crippen LogP contribution in [0.2, 0.25) is 0 Å². The average Bonchev–Trinajstić information content (AvgIpc) is 2.92. The van der Waals surface area contributed by atoms with E-state index in [1.165, 1.54) is 5.56 Å². The van der Waals surface area contributed by atoms with E-state index in [2.05, 4.69) is 57.3 Å². The highest BCUT2D eigenvalue weighted by Gasteiger charge is 2.35. The molecule has 0 radical (unpaired) electrons. The summed E-state index contributed by atoms with van der Waals surface area (Å²) in [4.78, 5) is 0. The zero-order valence-electron chi connectivity index (χ0n) is 13.8. The number of ether oxygens (including phenoxy) is 1. The fourth-order valence-corrected chi connectivity index (χ4v) is 2.74. The number of fused-ring (bicyclic) bond motifs is 1. The molecule has 3 nitrogen and oxygen atoms in total. The Morgan fingerprint density at radius 1 is 1.33 bits per heavy atom. The van der Waals surface area contributed by atoms with Crippen molar-refractivity contribution in [2.24, 2.45) is 0 Å². The first-order valence-corrected chi connectivity index (χ1v) is 7.83. The first-order chi connectivity index (χ1) is 10.1. The quantitative estimate of drug-likeness (QED) is 0.809. The van der Waals surface area contributed by atoms with Gasteiger partial charge in [-0.25, -0.2) is 0 Å². The molecule has 0 saturated heterocycles. The molecule has 1 N–H and O–H groups in total. The summed E-state index contributed by atoms with van der Waals surface area (Å²) in [5.74, 6) is 0.957. The van der Waals surface area contributed by atoms with E-state index in [1.807, 2.05) is 0 Å². The van der Waals surface area contributed by atoms with E-state index in [4.69, 9.17) is 9.15 Å². The molecule has 0 bridgehead atoms. The molecule has 21 heavy (non-hydrogen) atoms. The normalized spacial score (nSPS) is 16.0. The fourth-order valence-electron chi connectivity index (χ4n) is 2.74. The lowest BCUT2D eigenvalue weighted by atomic mass is 9.91. The lowest BCUT2D eigenvalue weighted by Gasteiger charge is -2.35. The van der Waals surface area contributed by atoms with Crippen LogP contribution in [0.1, 0.15) is 51.0 Å². The molecule has 2 atom stereocenters. The Hall–Kier alpha value is -1.32. The summed E-state index contributed by atoms with van der Waals surface area (Å²) < 4.78 is 12.0. The molecule has 2 aromatic rings. The molecule has 0 fully saturated rings. The Morgan fingerprint density at radius 3 is 2.67 bits per heavy atom. The van der Waals surface area contributed by atoms with Gasteiger partial charge in [-0.1, -0.05) is 32.0 Å². The van der Waals surface area contributed by atoms with E-state index in [9.17, 15) is 0 Å². The van der Waals surface area contributed by atoms with Crippen molar-refractivity contribution in [3.8, 4) is 0 Å². The van der Waals surface area contributed by atoms with Gasteiger partial charge in [0.05, 0.1) is 11.6 Å². The summed E-state index contributed by atoms with van der Waals surface area (Å²) >= 11 is 0. The van der Waals surface area contributed by atoms with Gasteiger partial charge in [0.1, 0.15) is 11.3 Å². The van der Waals surface area contributed by atoms with Crippen LogP contribution in [-0.2, 0) is 4.74 Å². The summed E-state index contributed by atoms with van der Waals surface area (Å²) in [5, 5.41) is 4.75. The second-order valence-corrected chi connectivity index (χ2v) is 5.90. The number of hydrogen-bond donors (Lipinski definition) is 1. The fraction of sp³-hybridized carbons (Fsp3) is 0.556. The van der Waals surface area contributed by atoms with Gasteiger partial charge in [0.15, 0.2) is 0 Å². The second kappa shape index (κ2) is 6.63. The highest BCUT2D eigenvalue weighted by atomic mass is 16.5. The van der Waals surface area contributed by atoms with Crippen molar-refractivity contribution < 1.29 is 9.15 Å². The summed E-state index contributed by atoms with van der Waals surface area (Å²) in [6.07, 6.45) is 2.00. The van der Waals surface area contributed by atoms with Gasteiger partial charge in [0.25, 0.3) is 0 Å². The van der Waals surface area contributed by atoms with E-state index in [1.54, 1.807) is 7.11 Å². The molecule has 0 spiro atoms. The molecular weight excluding hydrogens is 262 g/mol. The Labute approximate surface area is 127 Å². The predicted molar refractivity (Wildman–Crippen MR) is 87.7 cm³/mol. The molecule has 0 aliphatic heterocycles. The monoisotopic (exact) mass is 289 g/mol. The van der Waals surface area contributed by atoms with Crippen LogP contribution in [0.3, 0.4) is 0 Å². The lowest BCUT2D eigenvalue weighted by molar-refractivity contribution is -0.0349. The number of para-hydroxylation sites is 1. The zero-order chi connectivity index (χ0) is 15.5. The van der Waals surface area contributed by atoms with Gasteiger partial charge in [0, 0.05) is 12.5 Å². The van der Waals surface area contributed by atoms with Crippen LogP contribution in [0.25, 0.3) is 11.0 Å². The Kier molecular flexibility index (Phi) is 5.07. The van der Waals surface area contributed by atoms with Crippen LogP contribution in [0.15, 0.2) is 28.7 Å². The maximum Gasteiger partial charge on any atom is 0.137 e. The van der Waals surface area contributed by atoms with E-state index in [0.717, 1.165) is 36.1 Å². The molecule has 0 saturated carbocycles. The number of rotatable bonds is 7. The Morgan fingerprint density at radius 2 is 2.10 bits per heavy atom. The van der Waals surface area contributed by atoms with E-state index < -0.39 is 0 Å². The molecule has 0 aliphatic rings. The maximum atomic E-state index is 6.17. The van der Waals surface area contributed by atoms with Crippen LogP contribution in [0, 0.1) is 6.92 Å².